The van der Waals surface area contributed by atoms with Crippen molar-refractivity contribution < 1.29 is 9.53 Å². The summed E-state index contributed by atoms with van der Waals surface area (Å²) < 4.78 is 5.51. The minimum absolute atomic E-state index is 0.0678. The molecule has 2 rings (SSSR count). The Labute approximate surface area is 126 Å². The van der Waals surface area contributed by atoms with Crippen LogP contribution in [0.5, 0.6) is 0 Å². The molecule has 0 unspecified atom stereocenters. The standard InChI is InChI=1S/C16H25N3O2/c1-11-12(8-9-14(17-5)18-11)13-7-6-10-19(13)15(20)21-16(2,3)4/h8-9,13H,6-7,10H2,1-5H3,(H,17,18)/t13-/m1/s1. The molecule has 116 valence electrons. The van der Waals surface area contributed by atoms with Gasteiger partial charge in [-0.1, -0.05) is 6.07 Å². The average molecular weight is 291 g/mol. The molecule has 1 aromatic rings. The summed E-state index contributed by atoms with van der Waals surface area (Å²) in [5.74, 6) is 0.845. The molecule has 0 aliphatic carbocycles. The van der Waals surface area contributed by atoms with E-state index in [4.69, 9.17) is 4.74 Å². The number of hydrogen-bond donors (Lipinski definition) is 1. The summed E-state index contributed by atoms with van der Waals surface area (Å²) in [4.78, 5) is 18.7. The highest BCUT2D eigenvalue weighted by Gasteiger charge is 2.34. The van der Waals surface area contributed by atoms with Gasteiger partial charge in [0, 0.05) is 19.3 Å². The largest absolute Gasteiger partial charge is 0.444 e. The van der Waals surface area contributed by atoms with E-state index in [1.165, 1.54) is 0 Å². The van der Waals surface area contributed by atoms with E-state index in [1.54, 1.807) is 0 Å². The van der Waals surface area contributed by atoms with Crippen LogP contribution in [-0.2, 0) is 4.74 Å². The summed E-state index contributed by atoms with van der Waals surface area (Å²) in [6.45, 7) is 8.41. The van der Waals surface area contributed by atoms with E-state index in [2.05, 4.69) is 16.4 Å². The highest BCUT2D eigenvalue weighted by Crippen LogP contribution is 2.34. The van der Waals surface area contributed by atoms with Gasteiger partial charge in [0.2, 0.25) is 0 Å². The number of ether oxygens (including phenoxy) is 1. The molecule has 1 fully saturated rings. The van der Waals surface area contributed by atoms with Crippen molar-refractivity contribution >= 4 is 11.9 Å². The number of pyridine rings is 1. The Balaban J connectivity index is 2.20. The molecule has 0 aromatic carbocycles. The Morgan fingerprint density at radius 1 is 1.43 bits per heavy atom. The lowest BCUT2D eigenvalue weighted by Crippen LogP contribution is -2.36. The van der Waals surface area contributed by atoms with Crippen LogP contribution in [-0.4, -0.2) is 35.2 Å². The second-order valence-corrected chi connectivity index (χ2v) is 6.45. The van der Waals surface area contributed by atoms with E-state index in [1.807, 2.05) is 45.7 Å². The lowest BCUT2D eigenvalue weighted by atomic mass is 10.0. The summed E-state index contributed by atoms with van der Waals surface area (Å²) in [6.07, 6.45) is 1.72. The number of amides is 1. The van der Waals surface area contributed by atoms with Crippen molar-refractivity contribution in [3.63, 3.8) is 0 Å². The van der Waals surface area contributed by atoms with Crippen molar-refractivity contribution in [3.8, 4) is 0 Å². The molecule has 1 saturated heterocycles. The number of nitrogens with zero attached hydrogens (tertiary/aromatic N) is 2. The van der Waals surface area contributed by atoms with Gasteiger partial charge in [-0.25, -0.2) is 9.78 Å². The third-order valence-corrected chi connectivity index (χ3v) is 3.62. The predicted molar refractivity (Wildman–Crippen MR) is 83.4 cm³/mol. The normalized spacial score (nSPS) is 18.7. The molecule has 0 radical (unpaired) electrons. The fraction of sp³-hybridized carbons (Fsp3) is 0.625. The molecule has 1 atom stereocenters. The molecule has 0 spiro atoms. The van der Waals surface area contributed by atoms with Crippen LogP contribution in [0.15, 0.2) is 12.1 Å². The minimum atomic E-state index is -0.465. The highest BCUT2D eigenvalue weighted by atomic mass is 16.6. The van der Waals surface area contributed by atoms with Gasteiger partial charge >= 0.3 is 6.09 Å². The Morgan fingerprint density at radius 3 is 2.71 bits per heavy atom. The maximum absolute atomic E-state index is 12.4. The third kappa shape index (κ3) is 3.65. The van der Waals surface area contributed by atoms with Crippen LogP contribution in [0.25, 0.3) is 0 Å². The smallest absolute Gasteiger partial charge is 0.410 e. The zero-order valence-corrected chi connectivity index (χ0v) is 13.6. The molecule has 1 aliphatic rings. The molecule has 5 heteroatoms. The number of anilines is 1. The lowest BCUT2D eigenvalue weighted by Gasteiger charge is -2.29. The Morgan fingerprint density at radius 2 is 2.14 bits per heavy atom. The summed E-state index contributed by atoms with van der Waals surface area (Å²) in [7, 11) is 1.85. The molecule has 1 N–H and O–H groups in total. The SMILES string of the molecule is CNc1ccc([C@H]2CCCN2C(=O)OC(C)(C)C)c(C)n1. The molecule has 0 bridgehead atoms. The van der Waals surface area contributed by atoms with Crippen molar-refractivity contribution in [2.24, 2.45) is 0 Å². The second-order valence-electron chi connectivity index (χ2n) is 6.45. The average Bonchev–Trinajstić information content (AvgIpc) is 2.85. The van der Waals surface area contributed by atoms with Crippen LogP contribution in [0.2, 0.25) is 0 Å². The number of rotatable bonds is 2. The van der Waals surface area contributed by atoms with E-state index in [-0.39, 0.29) is 12.1 Å². The highest BCUT2D eigenvalue weighted by molar-refractivity contribution is 5.69. The maximum Gasteiger partial charge on any atom is 0.410 e. The number of nitrogens with one attached hydrogen (secondary N) is 1. The van der Waals surface area contributed by atoms with Gasteiger partial charge in [0.05, 0.1) is 6.04 Å². The number of carbonyl (C=O) groups is 1. The van der Waals surface area contributed by atoms with Gasteiger partial charge in [-0.15, -0.1) is 0 Å². The fourth-order valence-corrected chi connectivity index (χ4v) is 2.69. The van der Waals surface area contributed by atoms with E-state index < -0.39 is 5.60 Å². The van der Waals surface area contributed by atoms with E-state index in [9.17, 15) is 4.79 Å². The summed E-state index contributed by atoms with van der Waals surface area (Å²) in [5.41, 5.74) is 1.60. The van der Waals surface area contributed by atoms with Crippen molar-refractivity contribution in [1.29, 1.82) is 0 Å². The van der Waals surface area contributed by atoms with E-state index >= 15 is 0 Å². The monoisotopic (exact) mass is 291 g/mol. The minimum Gasteiger partial charge on any atom is -0.444 e. The van der Waals surface area contributed by atoms with Crippen LogP contribution in [0.4, 0.5) is 10.6 Å². The Hall–Kier alpha value is -1.78. The molecule has 21 heavy (non-hydrogen) atoms. The Bertz CT molecular complexity index is 523. The first-order chi connectivity index (χ1) is 9.81. The van der Waals surface area contributed by atoms with Crippen LogP contribution >= 0.6 is 0 Å². The first-order valence-corrected chi connectivity index (χ1v) is 7.47. The number of aromatic nitrogens is 1. The van der Waals surface area contributed by atoms with Crippen molar-refractivity contribution in [2.45, 2.75) is 52.2 Å². The van der Waals surface area contributed by atoms with E-state index in [0.717, 1.165) is 36.5 Å². The van der Waals surface area contributed by atoms with Gasteiger partial charge in [-0.2, -0.15) is 0 Å². The number of likely N-dealkylation sites (tertiary alicyclic amines) is 1. The zero-order valence-electron chi connectivity index (χ0n) is 13.6. The Kier molecular flexibility index (Phi) is 4.40. The molecule has 2 heterocycles. The first kappa shape index (κ1) is 15.6. The fourth-order valence-electron chi connectivity index (χ4n) is 2.69. The number of aryl methyl sites for hydroxylation is 1. The molecular weight excluding hydrogens is 266 g/mol. The van der Waals surface area contributed by atoms with Crippen LogP contribution < -0.4 is 5.32 Å². The van der Waals surface area contributed by atoms with Crippen LogP contribution in [0.3, 0.4) is 0 Å². The second kappa shape index (κ2) is 5.92. The van der Waals surface area contributed by atoms with Crippen LogP contribution in [0, 0.1) is 6.92 Å². The quantitative estimate of drug-likeness (QED) is 0.906. The molecule has 1 aliphatic heterocycles. The van der Waals surface area contributed by atoms with Gasteiger partial charge < -0.3 is 15.0 Å². The van der Waals surface area contributed by atoms with Crippen LogP contribution in [0.1, 0.15) is 50.9 Å². The van der Waals surface area contributed by atoms with E-state index in [0.29, 0.717) is 0 Å². The van der Waals surface area contributed by atoms with Gasteiger partial charge in [-0.3, -0.25) is 0 Å². The van der Waals surface area contributed by atoms with Gasteiger partial charge in [-0.05, 0) is 52.2 Å². The van der Waals surface area contributed by atoms with Crippen molar-refractivity contribution in [3.05, 3.63) is 23.4 Å². The maximum atomic E-state index is 12.4. The third-order valence-electron chi connectivity index (χ3n) is 3.62. The zero-order chi connectivity index (χ0) is 15.6. The first-order valence-electron chi connectivity index (χ1n) is 7.47. The molecule has 0 saturated carbocycles. The predicted octanol–water partition coefficient (Wildman–Crippen LogP) is 3.50. The number of hydrogen-bond acceptors (Lipinski definition) is 4. The molecule has 1 aromatic heterocycles. The molecule has 5 nitrogen and oxygen atoms in total. The van der Waals surface area contributed by atoms with Gasteiger partial charge in [0.15, 0.2) is 0 Å². The topological polar surface area (TPSA) is 54.5 Å². The lowest BCUT2D eigenvalue weighted by molar-refractivity contribution is 0.0224. The summed E-state index contributed by atoms with van der Waals surface area (Å²) in [5, 5.41) is 3.03. The molecular formula is C16H25N3O2. The van der Waals surface area contributed by atoms with Crippen molar-refractivity contribution in [2.75, 3.05) is 18.9 Å². The summed E-state index contributed by atoms with van der Waals surface area (Å²) >= 11 is 0. The van der Waals surface area contributed by atoms with Gasteiger partial charge in [0.1, 0.15) is 11.4 Å². The summed E-state index contributed by atoms with van der Waals surface area (Å²) in [6, 6.07) is 4.08. The number of carbonyl (C=O) groups excluding carboxylic acids is 1. The molecule has 1 amide bonds. The van der Waals surface area contributed by atoms with Crippen molar-refractivity contribution in [1.82, 2.24) is 9.88 Å². The van der Waals surface area contributed by atoms with Gasteiger partial charge in [0.25, 0.3) is 0 Å².